The molecule has 0 unspecified atom stereocenters. The van der Waals surface area contributed by atoms with Gasteiger partial charge in [-0.25, -0.2) is 5.14 Å². The molecule has 0 aliphatic carbocycles. The maximum atomic E-state index is 12.3. The van der Waals surface area contributed by atoms with Gasteiger partial charge in [-0.05, 0) is 24.6 Å². The fourth-order valence-electron chi connectivity index (χ4n) is 2.05. The third-order valence-electron chi connectivity index (χ3n) is 3.30. The van der Waals surface area contributed by atoms with Crippen molar-refractivity contribution in [2.75, 3.05) is 26.2 Å². The first-order valence-electron chi connectivity index (χ1n) is 6.12. The summed E-state index contributed by atoms with van der Waals surface area (Å²) in [5.41, 5.74) is 1.65. The molecule has 20 heavy (non-hydrogen) atoms. The van der Waals surface area contributed by atoms with Gasteiger partial charge in [-0.2, -0.15) is 12.7 Å². The van der Waals surface area contributed by atoms with E-state index in [2.05, 4.69) is 15.9 Å². The van der Waals surface area contributed by atoms with Gasteiger partial charge in [0.25, 0.3) is 16.1 Å². The topological polar surface area (TPSA) is 83.7 Å². The molecule has 1 saturated heterocycles. The van der Waals surface area contributed by atoms with Crippen LogP contribution in [0.2, 0.25) is 0 Å². The van der Waals surface area contributed by atoms with Crippen LogP contribution in [0.3, 0.4) is 0 Å². The van der Waals surface area contributed by atoms with Crippen molar-refractivity contribution in [2.24, 2.45) is 5.14 Å². The van der Waals surface area contributed by atoms with Crippen LogP contribution in [0.25, 0.3) is 0 Å². The van der Waals surface area contributed by atoms with E-state index in [0.717, 1.165) is 10.0 Å². The average Bonchev–Trinajstić information content (AvgIpc) is 2.40. The SMILES string of the molecule is Cc1ccc(C(=O)N2CCN(S(N)(=O)=O)CC2)cc1Br. The Morgan fingerprint density at radius 1 is 1.25 bits per heavy atom. The first kappa shape index (κ1) is 15.4. The van der Waals surface area contributed by atoms with Crippen LogP contribution in [0.4, 0.5) is 0 Å². The van der Waals surface area contributed by atoms with E-state index in [9.17, 15) is 13.2 Å². The fraction of sp³-hybridized carbons (Fsp3) is 0.417. The number of carbonyl (C=O) groups is 1. The maximum Gasteiger partial charge on any atom is 0.277 e. The molecule has 0 spiro atoms. The second-order valence-corrected chi connectivity index (χ2v) is 7.10. The molecule has 1 aromatic carbocycles. The molecular formula is C12H16BrN3O3S. The number of carbonyl (C=O) groups excluding carboxylic acids is 1. The molecule has 1 amide bonds. The Kier molecular flexibility index (Phi) is 4.48. The predicted molar refractivity (Wildman–Crippen MR) is 79.5 cm³/mol. The number of rotatable bonds is 2. The van der Waals surface area contributed by atoms with Crippen molar-refractivity contribution in [1.29, 1.82) is 0 Å². The minimum absolute atomic E-state index is 0.0974. The van der Waals surface area contributed by atoms with Gasteiger partial charge in [0.1, 0.15) is 0 Å². The van der Waals surface area contributed by atoms with Crippen LogP contribution in [0.1, 0.15) is 15.9 Å². The Bertz CT molecular complexity index is 625. The predicted octanol–water partition coefficient (Wildman–Crippen LogP) is 0.719. The molecule has 2 N–H and O–H groups in total. The minimum atomic E-state index is -3.66. The third kappa shape index (κ3) is 3.38. The fourth-order valence-corrected chi connectivity index (χ4v) is 3.11. The largest absolute Gasteiger partial charge is 0.336 e. The van der Waals surface area contributed by atoms with Gasteiger partial charge in [-0.15, -0.1) is 0 Å². The summed E-state index contributed by atoms with van der Waals surface area (Å²) in [5, 5.41) is 5.07. The van der Waals surface area contributed by atoms with Crippen LogP contribution in [-0.4, -0.2) is 49.7 Å². The van der Waals surface area contributed by atoms with Gasteiger partial charge < -0.3 is 4.90 Å². The Morgan fingerprint density at radius 3 is 2.35 bits per heavy atom. The quantitative estimate of drug-likeness (QED) is 0.842. The minimum Gasteiger partial charge on any atom is -0.336 e. The molecule has 6 nitrogen and oxygen atoms in total. The van der Waals surface area contributed by atoms with E-state index in [1.807, 2.05) is 13.0 Å². The Balaban J connectivity index is 2.07. The molecule has 1 aliphatic rings. The highest BCUT2D eigenvalue weighted by atomic mass is 79.9. The second kappa shape index (κ2) is 5.80. The van der Waals surface area contributed by atoms with E-state index >= 15 is 0 Å². The van der Waals surface area contributed by atoms with Crippen LogP contribution < -0.4 is 5.14 Å². The van der Waals surface area contributed by atoms with Crippen LogP contribution in [-0.2, 0) is 10.2 Å². The van der Waals surface area contributed by atoms with Crippen LogP contribution in [0.15, 0.2) is 22.7 Å². The highest BCUT2D eigenvalue weighted by Gasteiger charge is 2.27. The molecule has 8 heteroatoms. The van der Waals surface area contributed by atoms with E-state index in [1.165, 1.54) is 4.31 Å². The van der Waals surface area contributed by atoms with E-state index in [-0.39, 0.29) is 19.0 Å². The number of halogens is 1. The van der Waals surface area contributed by atoms with Gasteiger partial charge in [-0.1, -0.05) is 22.0 Å². The zero-order valence-electron chi connectivity index (χ0n) is 11.0. The van der Waals surface area contributed by atoms with Gasteiger partial charge >= 0.3 is 0 Å². The van der Waals surface area contributed by atoms with Gasteiger partial charge in [-0.3, -0.25) is 4.79 Å². The van der Waals surface area contributed by atoms with Crippen LogP contribution in [0.5, 0.6) is 0 Å². The number of hydrogen-bond donors (Lipinski definition) is 1. The molecule has 1 fully saturated rings. The summed E-state index contributed by atoms with van der Waals surface area (Å²) in [4.78, 5) is 14.0. The molecule has 0 aromatic heterocycles. The third-order valence-corrected chi connectivity index (χ3v) is 5.24. The van der Waals surface area contributed by atoms with Crippen molar-refractivity contribution < 1.29 is 13.2 Å². The number of amides is 1. The molecule has 2 rings (SSSR count). The van der Waals surface area contributed by atoms with Crippen molar-refractivity contribution >= 4 is 32.0 Å². The lowest BCUT2D eigenvalue weighted by atomic mass is 10.1. The molecule has 0 atom stereocenters. The number of nitrogens with two attached hydrogens (primary N) is 1. The highest BCUT2D eigenvalue weighted by molar-refractivity contribution is 9.10. The van der Waals surface area contributed by atoms with E-state index in [1.54, 1.807) is 17.0 Å². The van der Waals surface area contributed by atoms with Crippen LogP contribution in [0, 0.1) is 6.92 Å². The molecule has 1 heterocycles. The van der Waals surface area contributed by atoms with E-state index < -0.39 is 10.2 Å². The van der Waals surface area contributed by atoms with Gasteiger partial charge in [0.15, 0.2) is 0 Å². The summed E-state index contributed by atoms with van der Waals surface area (Å²) < 4.78 is 24.5. The first-order chi connectivity index (χ1) is 9.29. The number of aryl methyl sites for hydroxylation is 1. The molecular weight excluding hydrogens is 346 g/mol. The second-order valence-electron chi connectivity index (χ2n) is 4.70. The highest BCUT2D eigenvalue weighted by Crippen LogP contribution is 2.19. The summed E-state index contributed by atoms with van der Waals surface area (Å²) in [5.74, 6) is -0.0974. The smallest absolute Gasteiger partial charge is 0.277 e. The zero-order chi connectivity index (χ0) is 14.9. The molecule has 0 radical (unpaired) electrons. The first-order valence-corrected chi connectivity index (χ1v) is 8.42. The molecule has 1 aliphatic heterocycles. The Labute approximate surface area is 126 Å². The van der Waals surface area contributed by atoms with Crippen molar-refractivity contribution in [2.45, 2.75) is 6.92 Å². The molecule has 0 bridgehead atoms. The zero-order valence-corrected chi connectivity index (χ0v) is 13.4. The molecule has 1 aromatic rings. The van der Waals surface area contributed by atoms with Gasteiger partial charge in [0, 0.05) is 36.2 Å². The summed E-state index contributed by atoms with van der Waals surface area (Å²) >= 11 is 3.40. The van der Waals surface area contributed by atoms with Crippen LogP contribution >= 0.6 is 15.9 Å². The van der Waals surface area contributed by atoms with E-state index in [0.29, 0.717) is 18.7 Å². The average molecular weight is 362 g/mol. The van der Waals surface area contributed by atoms with Gasteiger partial charge in [0.05, 0.1) is 0 Å². The number of nitrogens with zero attached hydrogens (tertiary/aromatic N) is 2. The Hall–Kier alpha value is -0.960. The lowest BCUT2D eigenvalue weighted by Gasteiger charge is -2.33. The maximum absolute atomic E-state index is 12.3. The lowest BCUT2D eigenvalue weighted by Crippen LogP contribution is -2.52. The van der Waals surface area contributed by atoms with Crippen molar-refractivity contribution in [3.8, 4) is 0 Å². The standard InChI is InChI=1S/C12H16BrN3O3S/c1-9-2-3-10(8-11(9)13)12(17)15-4-6-16(7-5-15)20(14,18)19/h2-3,8H,4-7H2,1H3,(H2,14,18,19). The number of piperazine rings is 1. The van der Waals surface area contributed by atoms with Gasteiger partial charge in [0.2, 0.25) is 0 Å². The summed E-state index contributed by atoms with van der Waals surface area (Å²) in [6.45, 7) is 3.11. The monoisotopic (exact) mass is 361 g/mol. The molecule has 110 valence electrons. The normalized spacial score (nSPS) is 17.2. The summed E-state index contributed by atoms with van der Waals surface area (Å²) in [7, 11) is -3.66. The van der Waals surface area contributed by atoms with Crippen molar-refractivity contribution in [3.05, 3.63) is 33.8 Å². The summed E-state index contributed by atoms with van der Waals surface area (Å²) in [6.07, 6.45) is 0. The number of benzene rings is 1. The van der Waals surface area contributed by atoms with Crippen molar-refractivity contribution in [1.82, 2.24) is 9.21 Å². The van der Waals surface area contributed by atoms with Crippen molar-refractivity contribution in [3.63, 3.8) is 0 Å². The Morgan fingerprint density at radius 2 is 1.85 bits per heavy atom. The number of hydrogen-bond acceptors (Lipinski definition) is 3. The van der Waals surface area contributed by atoms with E-state index in [4.69, 9.17) is 5.14 Å². The summed E-state index contributed by atoms with van der Waals surface area (Å²) in [6, 6.07) is 5.43. The lowest BCUT2D eigenvalue weighted by molar-refractivity contribution is 0.0698. The molecule has 0 saturated carbocycles.